The summed E-state index contributed by atoms with van der Waals surface area (Å²) < 4.78 is 27.9. The Kier molecular flexibility index (Phi) is 6.36. The number of para-hydroxylation sites is 1. The van der Waals surface area contributed by atoms with E-state index in [1.165, 1.54) is 6.20 Å². The molecule has 1 N–H and O–H groups in total. The van der Waals surface area contributed by atoms with E-state index in [0.717, 1.165) is 51.6 Å². The van der Waals surface area contributed by atoms with Crippen LogP contribution in [0.1, 0.15) is 45.4 Å². The average Bonchev–Trinajstić information content (AvgIpc) is 3.36. The molecular weight excluding hydrogens is 414 g/mol. The number of carbonyl (C=O) groups excluding carboxylic acids is 2. The molecule has 2 heterocycles. The standard InChI is InChI=1S/C23H31N3O4S/c1-17-10-12-25(13-11-17)23(28)15-26-14-21(19-8-4-5-9-20(19)26)31(29,30)16-22(27)24-18-6-2-3-7-18/h4-5,8-9,14,17-18H,2-3,6-7,10-13,15-16H2,1H3,(H,24,27). The molecule has 7 nitrogen and oxygen atoms in total. The van der Waals surface area contributed by atoms with E-state index >= 15 is 0 Å². The van der Waals surface area contributed by atoms with Crippen molar-refractivity contribution in [3.63, 3.8) is 0 Å². The minimum absolute atomic E-state index is 0.00409. The van der Waals surface area contributed by atoms with E-state index in [1.54, 1.807) is 16.7 Å². The lowest BCUT2D eigenvalue weighted by atomic mass is 9.99. The first-order valence-electron chi connectivity index (χ1n) is 11.2. The number of likely N-dealkylation sites (tertiary alicyclic amines) is 1. The van der Waals surface area contributed by atoms with Crippen molar-refractivity contribution in [1.29, 1.82) is 0 Å². The largest absolute Gasteiger partial charge is 0.352 e. The van der Waals surface area contributed by atoms with Crippen LogP contribution >= 0.6 is 0 Å². The van der Waals surface area contributed by atoms with Gasteiger partial charge in [-0.2, -0.15) is 0 Å². The molecule has 1 aromatic carbocycles. The van der Waals surface area contributed by atoms with Crippen LogP contribution in [-0.2, 0) is 26.0 Å². The van der Waals surface area contributed by atoms with Gasteiger partial charge in [-0.3, -0.25) is 9.59 Å². The molecule has 0 unspecified atom stereocenters. The van der Waals surface area contributed by atoms with Gasteiger partial charge in [0, 0.05) is 36.2 Å². The van der Waals surface area contributed by atoms with Crippen LogP contribution in [0, 0.1) is 5.92 Å². The fraction of sp³-hybridized carbons (Fsp3) is 0.565. The second-order valence-corrected chi connectivity index (χ2v) is 11.0. The zero-order chi connectivity index (χ0) is 22.0. The van der Waals surface area contributed by atoms with Gasteiger partial charge in [0.05, 0.1) is 4.90 Å². The van der Waals surface area contributed by atoms with Gasteiger partial charge in [0.2, 0.25) is 11.8 Å². The number of aromatic nitrogens is 1. The van der Waals surface area contributed by atoms with Gasteiger partial charge in [0.25, 0.3) is 0 Å². The first kappa shape index (κ1) is 21.9. The minimum atomic E-state index is -3.83. The number of fused-ring (bicyclic) bond motifs is 1. The van der Waals surface area contributed by atoms with Gasteiger partial charge in [-0.05, 0) is 37.7 Å². The first-order chi connectivity index (χ1) is 14.8. The quantitative estimate of drug-likeness (QED) is 0.741. The zero-order valence-electron chi connectivity index (χ0n) is 18.0. The van der Waals surface area contributed by atoms with Gasteiger partial charge in [-0.1, -0.05) is 38.0 Å². The van der Waals surface area contributed by atoms with Crippen LogP contribution in [0.25, 0.3) is 10.9 Å². The monoisotopic (exact) mass is 445 g/mol. The number of nitrogens with one attached hydrogen (secondary N) is 1. The highest BCUT2D eigenvalue weighted by Gasteiger charge is 2.27. The Bertz CT molecular complexity index is 1060. The number of hydrogen-bond donors (Lipinski definition) is 1. The van der Waals surface area contributed by atoms with E-state index < -0.39 is 21.5 Å². The van der Waals surface area contributed by atoms with E-state index in [2.05, 4.69) is 12.2 Å². The summed E-state index contributed by atoms with van der Waals surface area (Å²) >= 11 is 0. The number of benzene rings is 1. The number of carbonyl (C=O) groups is 2. The second-order valence-electron chi connectivity index (χ2n) is 9.01. The molecule has 1 aromatic heterocycles. The van der Waals surface area contributed by atoms with Crippen LogP contribution in [0.5, 0.6) is 0 Å². The fourth-order valence-electron chi connectivity index (χ4n) is 4.69. The average molecular weight is 446 g/mol. The van der Waals surface area contributed by atoms with Crippen molar-refractivity contribution in [1.82, 2.24) is 14.8 Å². The summed E-state index contributed by atoms with van der Waals surface area (Å²) in [6, 6.07) is 7.24. The molecule has 168 valence electrons. The molecule has 0 bridgehead atoms. The van der Waals surface area contributed by atoms with E-state index in [1.807, 2.05) is 17.0 Å². The Labute approximate surface area is 183 Å². The molecule has 2 fully saturated rings. The number of piperidine rings is 1. The van der Waals surface area contributed by atoms with Gasteiger partial charge in [-0.25, -0.2) is 8.42 Å². The van der Waals surface area contributed by atoms with E-state index in [0.29, 0.717) is 16.8 Å². The topological polar surface area (TPSA) is 88.5 Å². The Morgan fingerprint density at radius 1 is 1.06 bits per heavy atom. The number of rotatable bonds is 6. The summed E-state index contributed by atoms with van der Waals surface area (Å²) in [5.74, 6) is -0.406. The lowest BCUT2D eigenvalue weighted by Gasteiger charge is -2.30. The molecule has 1 saturated carbocycles. The lowest BCUT2D eigenvalue weighted by molar-refractivity contribution is -0.133. The van der Waals surface area contributed by atoms with E-state index in [4.69, 9.17) is 0 Å². The molecule has 2 aromatic rings. The maximum Gasteiger partial charge on any atom is 0.242 e. The third kappa shape index (κ3) is 4.95. The highest BCUT2D eigenvalue weighted by atomic mass is 32.2. The number of amides is 2. The van der Waals surface area contributed by atoms with Crippen molar-refractivity contribution < 1.29 is 18.0 Å². The molecule has 0 atom stereocenters. The van der Waals surface area contributed by atoms with E-state index in [9.17, 15) is 18.0 Å². The summed E-state index contributed by atoms with van der Waals surface area (Å²) in [5, 5.41) is 3.40. The van der Waals surface area contributed by atoms with Crippen LogP contribution in [0.4, 0.5) is 0 Å². The summed E-state index contributed by atoms with van der Waals surface area (Å²) in [6.07, 6.45) is 7.45. The Balaban J connectivity index is 1.54. The van der Waals surface area contributed by atoms with Crippen LogP contribution in [-0.4, -0.2) is 54.6 Å². The predicted octanol–water partition coefficient (Wildman–Crippen LogP) is 2.73. The molecule has 1 saturated heterocycles. The zero-order valence-corrected chi connectivity index (χ0v) is 18.9. The molecule has 1 aliphatic heterocycles. The van der Waals surface area contributed by atoms with Crippen molar-refractivity contribution in [2.75, 3.05) is 18.8 Å². The number of nitrogens with zero attached hydrogens (tertiary/aromatic N) is 2. The number of hydrogen-bond acceptors (Lipinski definition) is 4. The Morgan fingerprint density at radius 3 is 2.45 bits per heavy atom. The molecule has 0 spiro atoms. The predicted molar refractivity (Wildman–Crippen MR) is 119 cm³/mol. The third-order valence-electron chi connectivity index (χ3n) is 6.57. The van der Waals surface area contributed by atoms with Gasteiger partial charge in [-0.15, -0.1) is 0 Å². The summed E-state index contributed by atoms with van der Waals surface area (Å²) in [4.78, 5) is 27.2. The van der Waals surface area contributed by atoms with Crippen molar-refractivity contribution in [3.8, 4) is 0 Å². The third-order valence-corrected chi connectivity index (χ3v) is 8.21. The van der Waals surface area contributed by atoms with Gasteiger partial charge >= 0.3 is 0 Å². The molecule has 2 aliphatic rings. The maximum atomic E-state index is 13.1. The lowest BCUT2D eigenvalue weighted by Crippen LogP contribution is -2.39. The van der Waals surface area contributed by atoms with Gasteiger partial charge in [0.15, 0.2) is 9.84 Å². The van der Waals surface area contributed by atoms with Gasteiger partial charge in [0.1, 0.15) is 12.3 Å². The van der Waals surface area contributed by atoms with Crippen molar-refractivity contribution in [2.45, 2.75) is 62.9 Å². The fourth-order valence-corrected chi connectivity index (χ4v) is 6.06. The van der Waals surface area contributed by atoms with Crippen LogP contribution in [0.3, 0.4) is 0 Å². The van der Waals surface area contributed by atoms with Crippen molar-refractivity contribution in [3.05, 3.63) is 30.5 Å². The summed E-state index contributed by atoms with van der Waals surface area (Å²) in [5.41, 5.74) is 0.691. The van der Waals surface area contributed by atoms with Crippen molar-refractivity contribution >= 4 is 32.6 Å². The molecule has 31 heavy (non-hydrogen) atoms. The summed E-state index contributed by atoms with van der Waals surface area (Å²) in [6.45, 7) is 3.78. The minimum Gasteiger partial charge on any atom is -0.352 e. The van der Waals surface area contributed by atoms with Crippen LogP contribution < -0.4 is 5.32 Å². The highest BCUT2D eigenvalue weighted by Crippen LogP contribution is 2.27. The first-order valence-corrected chi connectivity index (χ1v) is 12.9. The molecule has 0 radical (unpaired) electrons. The van der Waals surface area contributed by atoms with Crippen LogP contribution in [0.15, 0.2) is 35.4 Å². The molecular formula is C23H31N3O4S. The Morgan fingerprint density at radius 2 is 1.74 bits per heavy atom. The maximum absolute atomic E-state index is 13.1. The smallest absolute Gasteiger partial charge is 0.242 e. The number of sulfone groups is 1. The SMILES string of the molecule is CC1CCN(C(=O)Cn2cc(S(=O)(=O)CC(=O)NC3CCCC3)c3ccccc32)CC1. The molecule has 4 rings (SSSR count). The molecule has 8 heteroatoms. The second kappa shape index (κ2) is 9.02. The molecule has 1 aliphatic carbocycles. The van der Waals surface area contributed by atoms with Gasteiger partial charge < -0.3 is 14.8 Å². The normalized spacial score (nSPS) is 18.5. The summed E-state index contributed by atoms with van der Waals surface area (Å²) in [7, 11) is -3.83. The van der Waals surface area contributed by atoms with Crippen LogP contribution in [0.2, 0.25) is 0 Å². The Hall–Kier alpha value is -2.35. The van der Waals surface area contributed by atoms with Crippen molar-refractivity contribution in [2.24, 2.45) is 5.92 Å². The highest BCUT2D eigenvalue weighted by molar-refractivity contribution is 7.92. The molecule has 2 amide bonds. The van der Waals surface area contributed by atoms with E-state index in [-0.39, 0.29) is 23.4 Å².